The maximum absolute atomic E-state index is 13.4. The topological polar surface area (TPSA) is 97.5 Å². The van der Waals surface area contributed by atoms with Crippen molar-refractivity contribution in [2.24, 2.45) is 0 Å². The van der Waals surface area contributed by atoms with Gasteiger partial charge in [-0.1, -0.05) is 12.1 Å². The van der Waals surface area contributed by atoms with E-state index in [-0.39, 0.29) is 0 Å². The summed E-state index contributed by atoms with van der Waals surface area (Å²) in [7, 11) is 2.15. The van der Waals surface area contributed by atoms with Crippen LogP contribution in [0.5, 0.6) is 0 Å². The molecule has 0 aliphatic carbocycles. The Kier molecular flexibility index (Phi) is 7.83. The Labute approximate surface area is 227 Å². The summed E-state index contributed by atoms with van der Waals surface area (Å²) >= 11 is 0. The van der Waals surface area contributed by atoms with Crippen molar-refractivity contribution >= 4 is 46.2 Å². The van der Waals surface area contributed by atoms with Crippen molar-refractivity contribution in [3.63, 3.8) is 0 Å². The van der Waals surface area contributed by atoms with E-state index in [0.29, 0.717) is 23.1 Å². The fraction of sp³-hybridized carbons (Fsp3) is 0.207. The molecule has 1 saturated heterocycles. The van der Waals surface area contributed by atoms with Crippen molar-refractivity contribution < 1.29 is 9.18 Å². The van der Waals surface area contributed by atoms with E-state index in [1.165, 1.54) is 23.9 Å². The number of nitrogens with one attached hydrogen (secondary N) is 4. The highest BCUT2D eigenvalue weighted by atomic mass is 19.1. The molecule has 2 amide bonds. The number of aromatic nitrogens is 2. The Balaban J connectivity index is 1.22. The van der Waals surface area contributed by atoms with Gasteiger partial charge in [0, 0.05) is 66.4 Å². The number of likely N-dealkylation sites (N-methyl/N-ethyl adjacent to an activating group) is 1. The van der Waals surface area contributed by atoms with Gasteiger partial charge in [0.25, 0.3) is 0 Å². The predicted molar refractivity (Wildman–Crippen MR) is 155 cm³/mol. The summed E-state index contributed by atoms with van der Waals surface area (Å²) < 4.78 is 13.4. The molecular weight excluding hydrogens is 495 g/mol. The van der Waals surface area contributed by atoms with E-state index in [1.807, 2.05) is 31.2 Å². The van der Waals surface area contributed by atoms with Crippen LogP contribution in [0.3, 0.4) is 0 Å². The van der Waals surface area contributed by atoms with Gasteiger partial charge >= 0.3 is 6.03 Å². The molecule has 4 aromatic rings. The van der Waals surface area contributed by atoms with Gasteiger partial charge in [-0.15, -0.1) is 0 Å². The van der Waals surface area contributed by atoms with Crippen molar-refractivity contribution in [1.29, 1.82) is 0 Å². The third-order valence-electron chi connectivity index (χ3n) is 6.43. The van der Waals surface area contributed by atoms with Crippen LogP contribution < -0.4 is 26.2 Å². The van der Waals surface area contributed by atoms with Crippen LogP contribution in [0.2, 0.25) is 0 Å². The Hall–Kier alpha value is -4.70. The number of nitrogens with zero attached hydrogens (tertiary/aromatic N) is 4. The summed E-state index contributed by atoms with van der Waals surface area (Å²) in [5.41, 5.74) is 4.65. The van der Waals surface area contributed by atoms with Crippen molar-refractivity contribution in [3.05, 3.63) is 90.4 Å². The summed E-state index contributed by atoms with van der Waals surface area (Å²) in [4.78, 5) is 26.2. The van der Waals surface area contributed by atoms with Gasteiger partial charge in [-0.2, -0.15) is 4.98 Å². The molecule has 39 heavy (non-hydrogen) atoms. The van der Waals surface area contributed by atoms with Gasteiger partial charge in [-0.25, -0.2) is 14.2 Å². The molecule has 0 spiro atoms. The number of carbonyl (C=O) groups is 1. The molecule has 0 radical (unpaired) electrons. The number of aryl methyl sites for hydroxylation is 1. The first-order valence-electron chi connectivity index (χ1n) is 12.8. The number of piperazine rings is 1. The highest BCUT2D eigenvalue weighted by Crippen LogP contribution is 2.25. The zero-order valence-electron chi connectivity index (χ0n) is 21.9. The van der Waals surface area contributed by atoms with E-state index in [4.69, 9.17) is 0 Å². The largest absolute Gasteiger partial charge is 0.369 e. The number of urea groups is 1. The molecule has 5 rings (SSSR count). The second kappa shape index (κ2) is 11.8. The van der Waals surface area contributed by atoms with E-state index >= 15 is 0 Å². The molecule has 2 heterocycles. The Bertz CT molecular complexity index is 1440. The number of hydrogen-bond donors (Lipinski definition) is 4. The lowest BCUT2D eigenvalue weighted by molar-refractivity contribution is 0.262. The summed E-state index contributed by atoms with van der Waals surface area (Å²) in [6, 6.07) is 20.8. The minimum atomic E-state index is -0.471. The smallest absolute Gasteiger partial charge is 0.323 e. The molecule has 1 fully saturated rings. The van der Waals surface area contributed by atoms with Gasteiger partial charge in [-0.05, 0) is 74.6 Å². The zero-order chi connectivity index (χ0) is 27.2. The molecular formula is C29H31FN8O. The van der Waals surface area contributed by atoms with Gasteiger partial charge in [0.2, 0.25) is 5.95 Å². The number of amides is 2. The number of carbonyl (C=O) groups excluding carboxylic acids is 1. The molecule has 1 aliphatic heterocycles. The molecule has 0 bridgehead atoms. The molecule has 10 heteroatoms. The number of halogens is 1. The van der Waals surface area contributed by atoms with Crippen LogP contribution >= 0.6 is 0 Å². The van der Waals surface area contributed by atoms with Gasteiger partial charge in [0.15, 0.2) is 0 Å². The van der Waals surface area contributed by atoms with Gasteiger partial charge in [0.05, 0.1) is 0 Å². The van der Waals surface area contributed by atoms with E-state index in [0.717, 1.165) is 43.1 Å². The van der Waals surface area contributed by atoms with Crippen LogP contribution in [0, 0.1) is 12.7 Å². The summed E-state index contributed by atoms with van der Waals surface area (Å²) in [6.45, 7) is 6.09. The lowest BCUT2D eigenvalue weighted by Crippen LogP contribution is -2.44. The summed E-state index contributed by atoms with van der Waals surface area (Å²) in [5.74, 6) is 0.692. The SMILES string of the molecule is Cc1cnc(Nc2ccc(N3CCN(C)CC3)cc2)nc1Nc1cccc(NC(=O)Nc2cccc(F)c2)c1. The minimum Gasteiger partial charge on any atom is -0.369 e. The minimum absolute atomic E-state index is 0.368. The normalized spacial score (nSPS) is 13.6. The molecule has 1 aromatic heterocycles. The molecule has 0 atom stereocenters. The van der Waals surface area contributed by atoms with Crippen LogP contribution in [0.1, 0.15) is 5.56 Å². The van der Waals surface area contributed by atoms with E-state index in [1.54, 1.807) is 24.4 Å². The van der Waals surface area contributed by atoms with E-state index in [9.17, 15) is 9.18 Å². The number of benzene rings is 3. The van der Waals surface area contributed by atoms with Gasteiger partial charge < -0.3 is 31.1 Å². The molecule has 1 aliphatic rings. The molecule has 4 N–H and O–H groups in total. The van der Waals surface area contributed by atoms with Crippen LogP contribution in [-0.4, -0.2) is 54.1 Å². The first-order valence-corrected chi connectivity index (χ1v) is 12.8. The van der Waals surface area contributed by atoms with Crippen molar-refractivity contribution in [2.75, 3.05) is 59.4 Å². The predicted octanol–water partition coefficient (Wildman–Crippen LogP) is 5.81. The quantitative estimate of drug-likeness (QED) is 0.241. The third kappa shape index (κ3) is 6.99. The first kappa shape index (κ1) is 25.9. The maximum atomic E-state index is 13.4. The van der Waals surface area contributed by atoms with Crippen LogP contribution in [-0.2, 0) is 0 Å². The van der Waals surface area contributed by atoms with Gasteiger partial charge in [-0.3, -0.25) is 0 Å². The second-order valence-corrected chi connectivity index (χ2v) is 9.48. The fourth-order valence-electron chi connectivity index (χ4n) is 4.25. The standard InChI is InChI=1S/C29H31FN8O/c1-20-19-31-28(33-22-9-11-26(12-10-22)38-15-13-37(2)14-16-38)36-27(20)32-24-7-4-8-25(18-24)35-29(39)34-23-6-3-5-21(30)17-23/h3-12,17-19H,13-16H2,1-2H3,(H2,34,35,39)(H2,31,32,33,36). The third-order valence-corrected chi connectivity index (χ3v) is 6.43. The number of hydrogen-bond acceptors (Lipinski definition) is 7. The second-order valence-electron chi connectivity index (χ2n) is 9.48. The highest BCUT2D eigenvalue weighted by Gasteiger charge is 2.14. The zero-order valence-corrected chi connectivity index (χ0v) is 21.9. The van der Waals surface area contributed by atoms with Crippen LogP contribution in [0.25, 0.3) is 0 Å². The van der Waals surface area contributed by atoms with Gasteiger partial charge in [0.1, 0.15) is 11.6 Å². The van der Waals surface area contributed by atoms with Crippen LogP contribution in [0.15, 0.2) is 79.0 Å². The lowest BCUT2D eigenvalue weighted by Gasteiger charge is -2.34. The van der Waals surface area contributed by atoms with E-state index < -0.39 is 11.8 Å². The number of rotatable bonds is 7. The average Bonchev–Trinajstić information content (AvgIpc) is 2.92. The molecule has 9 nitrogen and oxygen atoms in total. The molecule has 200 valence electrons. The Morgan fingerprint density at radius 3 is 2.21 bits per heavy atom. The van der Waals surface area contributed by atoms with Crippen molar-refractivity contribution in [2.45, 2.75) is 6.92 Å². The summed E-state index contributed by atoms with van der Waals surface area (Å²) in [5, 5.41) is 12.0. The van der Waals surface area contributed by atoms with Crippen molar-refractivity contribution in [1.82, 2.24) is 14.9 Å². The number of anilines is 7. The summed E-state index contributed by atoms with van der Waals surface area (Å²) in [6.07, 6.45) is 1.75. The molecule has 0 unspecified atom stereocenters. The lowest BCUT2D eigenvalue weighted by atomic mass is 10.2. The first-order chi connectivity index (χ1) is 18.9. The van der Waals surface area contributed by atoms with Crippen molar-refractivity contribution in [3.8, 4) is 0 Å². The van der Waals surface area contributed by atoms with E-state index in [2.05, 4.69) is 60.2 Å². The molecule has 3 aromatic carbocycles. The highest BCUT2D eigenvalue weighted by molar-refractivity contribution is 6.00. The monoisotopic (exact) mass is 526 g/mol. The maximum Gasteiger partial charge on any atom is 0.323 e. The Morgan fingerprint density at radius 1 is 0.821 bits per heavy atom. The molecule has 0 saturated carbocycles. The fourth-order valence-corrected chi connectivity index (χ4v) is 4.25. The average molecular weight is 527 g/mol. The van der Waals surface area contributed by atoms with Crippen LogP contribution in [0.4, 0.5) is 49.4 Å². The Morgan fingerprint density at radius 2 is 1.49 bits per heavy atom.